The van der Waals surface area contributed by atoms with Crippen LogP contribution in [0.1, 0.15) is 57.1 Å². The normalized spacial score (nSPS) is 15.5. The van der Waals surface area contributed by atoms with Gasteiger partial charge in [-0.15, -0.1) is 0 Å². The summed E-state index contributed by atoms with van der Waals surface area (Å²) in [5.41, 5.74) is 2.02. The van der Waals surface area contributed by atoms with Crippen molar-refractivity contribution in [3.63, 3.8) is 0 Å². The molecule has 0 atom stereocenters. The smallest absolute Gasteiger partial charge is 0.422 e. The van der Waals surface area contributed by atoms with Crippen molar-refractivity contribution in [1.82, 2.24) is 0 Å². The monoisotopic (exact) mass is 454 g/mol. The number of esters is 1. The van der Waals surface area contributed by atoms with Crippen molar-refractivity contribution in [2.75, 3.05) is 13.2 Å². The van der Waals surface area contributed by atoms with E-state index in [2.05, 4.69) is 13.8 Å². The molecule has 2 aromatic rings. The standard InChI is InChI=1S/C24H26ClF3O3/c1-4-30-22(29)23(10-5-11-23)18-12-19(17-8-6-16(7-9-17)15(2)3)21(20(25)13-18)31-14-24(26,27)28/h6-9,12-13,15H,4-5,10-11,14H2,1-3H3. The third-order valence-electron chi connectivity index (χ3n) is 5.74. The Morgan fingerprint density at radius 3 is 2.29 bits per heavy atom. The van der Waals surface area contributed by atoms with Crippen LogP contribution in [0.4, 0.5) is 13.2 Å². The predicted octanol–water partition coefficient (Wildman–Crippen LogP) is 7.06. The van der Waals surface area contributed by atoms with E-state index in [0.29, 0.717) is 35.4 Å². The number of hydrogen-bond acceptors (Lipinski definition) is 3. The largest absolute Gasteiger partial charge is 0.482 e. The van der Waals surface area contributed by atoms with Crippen molar-refractivity contribution >= 4 is 17.6 Å². The van der Waals surface area contributed by atoms with Crippen molar-refractivity contribution in [1.29, 1.82) is 0 Å². The highest BCUT2D eigenvalue weighted by Gasteiger charge is 2.47. The van der Waals surface area contributed by atoms with Crippen LogP contribution in [0.25, 0.3) is 11.1 Å². The summed E-state index contributed by atoms with van der Waals surface area (Å²) in [6, 6.07) is 10.8. The van der Waals surface area contributed by atoms with Gasteiger partial charge in [-0.05, 0) is 54.5 Å². The first kappa shape index (κ1) is 23.5. The summed E-state index contributed by atoms with van der Waals surface area (Å²) in [6.45, 7) is 4.66. The first-order chi connectivity index (χ1) is 14.6. The second kappa shape index (κ2) is 9.11. The molecule has 0 spiro atoms. The van der Waals surface area contributed by atoms with E-state index in [1.54, 1.807) is 13.0 Å². The molecular weight excluding hydrogens is 429 g/mol. The van der Waals surface area contributed by atoms with Gasteiger partial charge in [0.2, 0.25) is 0 Å². The summed E-state index contributed by atoms with van der Waals surface area (Å²) in [4.78, 5) is 12.7. The molecule has 1 aliphatic carbocycles. The highest BCUT2D eigenvalue weighted by atomic mass is 35.5. The van der Waals surface area contributed by atoms with Gasteiger partial charge in [-0.3, -0.25) is 4.79 Å². The minimum Gasteiger partial charge on any atom is -0.482 e. The Kier molecular flexibility index (Phi) is 6.89. The number of rotatable bonds is 7. The zero-order valence-electron chi connectivity index (χ0n) is 17.8. The minimum atomic E-state index is -4.50. The molecule has 0 radical (unpaired) electrons. The third kappa shape index (κ3) is 5.00. The molecule has 0 saturated heterocycles. The van der Waals surface area contributed by atoms with Crippen molar-refractivity contribution in [2.24, 2.45) is 0 Å². The van der Waals surface area contributed by atoms with Crippen LogP contribution in [0.2, 0.25) is 5.02 Å². The molecule has 3 rings (SSSR count). The van der Waals surface area contributed by atoms with Crippen LogP contribution in [0.3, 0.4) is 0 Å². The number of carbonyl (C=O) groups is 1. The molecule has 0 bridgehead atoms. The molecule has 0 amide bonds. The number of carbonyl (C=O) groups excluding carboxylic acids is 1. The van der Waals surface area contributed by atoms with Gasteiger partial charge < -0.3 is 9.47 Å². The minimum absolute atomic E-state index is 0.0419. The number of benzene rings is 2. The highest BCUT2D eigenvalue weighted by Crippen LogP contribution is 2.49. The van der Waals surface area contributed by atoms with E-state index < -0.39 is 18.2 Å². The van der Waals surface area contributed by atoms with E-state index in [4.69, 9.17) is 21.1 Å². The van der Waals surface area contributed by atoms with Crippen molar-refractivity contribution in [3.8, 4) is 16.9 Å². The molecule has 1 saturated carbocycles. The Hall–Kier alpha value is -2.21. The maximum atomic E-state index is 12.8. The van der Waals surface area contributed by atoms with Gasteiger partial charge in [0.05, 0.1) is 17.0 Å². The fourth-order valence-corrected chi connectivity index (χ4v) is 4.12. The number of ether oxygens (including phenoxy) is 2. The lowest BCUT2D eigenvalue weighted by Crippen LogP contribution is -2.43. The van der Waals surface area contributed by atoms with E-state index in [9.17, 15) is 18.0 Å². The van der Waals surface area contributed by atoms with Gasteiger partial charge in [-0.2, -0.15) is 13.2 Å². The zero-order chi connectivity index (χ0) is 22.8. The second-order valence-electron chi connectivity index (χ2n) is 8.17. The Morgan fingerprint density at radius 1 is 1.16 bits per heavy atom. The van der Waals surface area contributed by atoms with Crippen LogP contribution in [-0.2, 0) is 14.9 Å². The molecule has 0 aromatic heterocycles. The van der Waals surface area contributed by atoms with Gasteiger partial charge in [0, 0.05) is 5.56 Å². The lowest BCUT2D eigenvalue weighted by Gasteiger charge is -2.40. The van der Waals surface area contributed by atoms with Crippen molar-refractivity contribution < 1.29 is 27.4 Å². The Bertz CT molecular complexity index is 932. The van der Waals surface area contributed by atoms with Crippen molar-refractivity contribution in [2.45, 2.75) is 57.5 Å². The molecule has 0 aliphatic heterocycles. The van der Waals surface area contributed by atoms with E-state index >= 15 is 0 Å². The maximum absolute atomic E-state index is 12.8. The fourth-order valence-electron chi connectivity index (χ4n) is 3.84. The molecule has 168 valence electrons. The average Bonchev–Trinajstić information content (AvgIpc) is 2.65. The van der Waals surface area contributed by atoms with E-state index in [1.165, 1.54) is 6.07 Å². The summed E-state index contributed by atoms with van der Waals surface area (Å²) in [7, 11) is 0. The van der Waals surface area contributed by atoms with Crippen LogP contribution in [0.5, 0.6) is 5.75 Å². The van der Waals surface area contributed by atoms with Crippen LogP contribution in [0, 0.1) is 0 Å². The van der Waals surface area contributed by atoms with Gasteiger partial charge in [-0.25, -0.2) is 0 Å². The van der Waals surface area contributed by atoms with Crippen LogP contribution in [-0.4, -0.2) is 25.4 Å². The molecule has 0 N–H and O–H groups in total. The molecule has 1 aliphatic rings. The Morgan fingerprint density at radius 2 is 1.81 bits per heavy atom. The zero-order valence-corrected chi connectivity index (χ0v) is 18.6. The van der Waals surface area contributed by atoms with Gasteiger partial charge in [0.25, 0.3) is 0 Å². The van der Waals surface area contributed by atoms with Gasteiger partial charge in [0.1, 0.15) is 5.75 Å². The molecule has 0 unspecified atom stereocenters. The van der Waals surface area contributed by atoms with Gasteiger partial charge in [0.15, 0.2) is 6.61 Å². The summed E-state index contributed by atoms with van der Waals surface area (Å²) >= 11 is 6.42. The topological polar surface area (TPSA) is 35.5 Å². The summed E-state index contributed by atoms with van der Waals surface area (Å²) < 4.78 is 48.9. The van der Waals surface area contributed by atoms with Gasteiger partial charge in [-0.1, -0.05) is 56.1 Å². The summed E-state index contributed by atoms with van der Waals surface area (Å²) in [6.07, 6.45) is -2.42. The van der Waals surface area contributed by atoms with Crippen LogP contribution < -0.4 is 4.74 Å². The number of halogens is 4. The predicted molar refractivity (Wildman–Crippen MR) is 115 cm³/mol. The molecule has 1 fully saturated rings. The lowest BCUT2D eigenvalue weighted by atomic mass is 9.64. The fraction of sp³-hybridized carbons (Fsp3) is 0.458. The summed E-state index contributed by atoms with van der Waals surface area (Å²) in [5, 5.41) is 0.0419. The average molecular weight is 455 g/mol. The van der Waals surface area contributed by atoms with E-state index in [-0.39, 0.29) is 23.3 Å². The number of hydrogen-bond donors (Lipinski definition) is 0. The molecule has 7 heteroatoms. The molecule has 0 heterocycles. The SMILES string of the molecule is CCOC(=O)C1(c2cc(Cl)c(OCC(F)(F)F)c(-c3ccc(C(C)C)cc3)c2)CCC1. The summed E-state index contributed by atoms with van der Waals surface area (Å²) in [5.74, 6) is -0.0623. The maximum Gasteiger partial charge on any atom is 0.422 e. The quantitative estimate of drug-likeness (QED) is 0.420. The first-order valence-electron chi connectivity index (χ1n) is 10.4. The van der Waals surface area contributed by atoms with Crippen LogP contribution in [0.15, 0.2) is 36.4 Å². The highest BCUT2D eigenvalue weighted by molar-refractivity contribution is 6.32. The Labute approximate surface area is 185 Å². The van der Waals surface area contributed by atoms with E-state index in [1.807, 2.05) is 24.3 Å². The van der Waals surface area contributed by atoms with E-state index in [0.717, 1.165) is 12.0 Å². The molecule has 3 nitrogen and oxygen atoms in total. The molecule has 31 heavy (non-hydrogen) atoms. The number of alkyl halides is 3. The van der Waals surface area contributed by atoms with Gasteiger partial charge >= 0.3 is 12.1 Å². The second-order valence-corrected chi connectivity index (χ2v) is 8.58. The molecule has 2 aromatic carbocycles. The first-order valence-corrected chi connectivity index (χ1v) is 10.8. The van der Waals surface area contributed by atoms with Crippen LogP contribution >= 0.6 is 11.6 Å². The van der Waals surface area contributed by atoms with Crippen molar-refractivity contribution in [3.05, 3.63) is 52.5 Å². The molecular formula is C24H26ClF3O3. The third-order valence-corrected chi connectivity index (χ3v) is 6.02. The Balaban J connectivity index is 2.11. The lowest BCUT2D eigenvalue weighted by molar-refractivity contribution is -0.154.